The molecule has 0 saturated heterocycles. The van der Waals surface area contributed by atoms with Crippen LogP contribution in [0, 0.1) is 0 Å². The van der Waals surface area contributed by atoms with Crippen LogP contribution in [0.2, 0.25) is 0 Å². The highest BCUT2D eigenvalue weighted by atomic mass is 32.1. The number of rotatable bonds is 5. The molecule has 0 amide bonds. The van der Waals surface area contributed by atoms with E-state index in [9.17, 15) is 0 Å². The van der Waals surface area contributed by atoms with Crippen LogP contribution in [-0.2, 0) is 11.8 Å². The van der Waals surface area contributed by atoms with E-state index in [4.69, 9.17) is 9.15 Å². The summed E-state index contributed by atoms with van der Waals surface area (Å²) < 4.78 is 16.0. The van der Waals surface area contributed by atoms with Crippen LogP contribution in [-0.4, -0.2) is 0 Å². The van der Waals surface area contributed by atoms with Gasteiger partial charge in [-0.3, -0.25) is 0 Å². The van der Waals surface area contributed by atoms with E-state index in [1.165, 1.54) is 91.8 Å². The van der Waals surface area contributed by atoms with Crippen LogP contribution in [0.3, 0.4) is 0 Å². The van der Waals surface area contributed by atoms with Crippen molar-refractivity contribution < 1.29 is 9.15 Å². The lowest BCUT2D eigenvalue weighted by atomic mass is 9.66. The zero-order valence-corrected chi connectivity index (χ0v) is 32.9. The average Bonchev–Trinajstić information content (AvgIpc) is 3.96. The van der Waals surface area contributed by atoms with Gasteiger partial charge >= 0.3 is 0 Å². The Hall–Kier alpha value is -6.94. The fourth-order valence-corrected chi connectivity index (χ4v) is 12.0. The summed E-state index contributed by atoms with van der Waals surface area (Å²) in [7, 11) is 0. The van der Waals surface area contributed by atoms with Gasteiger partial charge in [-0.2, -0.15) is 0 Å². The van der Waals surface area contributed by atoms with Crippen molar-refractivity contribution in [2.45, 2.75) is 24.2 Å². The first-order chi connectivity index (χ1) is 29.3. The third-order valence-electron chi connectivity index (χ3n) is 13.3. The first kappa shape index (κ1) is 33.1. The maximum atomic E-state index is 6.68. The number of aryl methyl sites for hydroxylation is 1. The molecule has 3 heterocycles. The highest BCUT2D eigenvalue weighted by molar-refractivity contribution is 7.26. The van der Waals surface area contributed by atoms with Crippen LogP contribution in [0.1, 0.15) is 51.3 Å². The van der Waals surface area contributed by atoms with Crippen molar-refractivity contribution in [1.29, 1.82) is 0 Å². The van der Waals surface area contributed by atoms with Crippen LogP contribution in [0.25, 0.3) is 64.0 Å². The van der Waals surface area contributed by atoms with E-state index in [1.54, 1.807) is 0 Å². The smallest absolute Gasteiger partial charge is 0.138 e. The van der Waals surface area contributed by atoms with E-state index in [0.717, 1.165) is 35.5 Å². The molecule has 278 valence electrons. The summed E-state index contributed by atoms with van der Waals surface area (Å²) in [6, 6.07) is 69.2. The topological polar surface area (TPSA) is 22.4 Å². The largest absolute Gasteiger partial charge is 0.457 e. The zero-order valence-electron chi connectivity index (χ0n) is 32.1. The number of para-hydroxylation sites is 4. The lowest BCUT2D eigenvalue weighted by Crippen LogP contribution is -2.32. The molecule has 9 aromatic carbocycles. The van der Waals surface area contributed by atoms with Crippen LogP contribution >= 0.6 is 11.3 Å². The molecule has 2 nitrogen and oxygen atoms in total. The Morgan fingerprint density at radius 1 is 0.508 bits per heavy atom. The Kier molecular flexibility index (Phi) is 7.02. The fourth-order valence-electron chi connectivity index (χ4n) is 10.8. The number of hydrogen-bond acceptors (Lipinski definition) is 3. The van der Waals surface area contributed by atoms with Crippen molar-refractivity contribution in [3.8, 4) is 22.6 Å². The van der Waals surface area contributed by atoms with Crippen molar-refractivity contribution in [3.05, 3.63) is 227 Å². The Bertz CT molecular complexity index is 3470. The molecule has 11 aromatic rings. The number of furan rings is 1. The second kappa shape index (κ2) is 12.5. The van der Waals surface area contributed by atoms with Gasteiger partial charge in [0, 0.05) is 48.0 Å². The third kappa shape index (κ3) is 4.62. The van der Waals surface area contributed by atoms with Crippen molar-refractivity contribution >= 4 is 64.2 Å². The van der Waals surface area contributed by atoms with Crippen molar-refractivity contribution in [2.75, 3.05) is 0 Å². The van der Waals surface area contributed by atoms with E-state index in [2.05, 4.69) is 188 Å². The Balaban J connectivity index is 1.06. The molecule has 3 heteroatoms. The van der Waals surface area contributed by atoms with Gasteiger partial charge in [0.15, 0.2) is 0 Å². The van der Waals surface area contributed by atoms with Crippen molar-refractivity contribution in [1.82, 2.24) is 0 Å². The second-order valence-electron chi connectivity index (χ2n) is 16.2. The van der Waals surface area contributed by atoms with Crippen LogP contribution < -0.4 is 4.74 Å². The minimum Gasteiger partial charge on any atom is -0.457 e. The summed E-state index contributed by atoms with van der Waals surface area (Å²) in [6.45, 7) is 0. The van der Waals surface area contributed by atoms with Gasteiger partial charge in [-0.25, -0.2) is 0 Å². The molecule has 0 saturated carbocycles. The standard InChI is InChI=1S/C56H36O2S/c1-2-15-38-34(13-1)28-32-48-53(38)44-33-36(29-31-45(44)56(48)46-21-5-8-24-50(46)57-51-25-9-6-22-47(51)56)37(42-19-12-20-43-40-17-4-10-26-52(40)59-55(42)43)30-27-35-14-11-18-41-39-16-3-7-23-49(39)58-54(35)41/h1-26,28-29,31-33,37H,27,30H2. The lowest BCUT2D eigenvalue weighted by Gasteiger charge is -2.39. The van der Waals surface area contributed by atoms with Gasteiger partial charge in [-0.1, -0.05) is 164 Å². The van der Waals surface area contributed by atoms with Gasteiger partial charge in [0.2, 0.25) is 0 Å². The van der Waals surface area contributed by atoms with Crippen LogP contribution in [0.4, 0.5) is 0 Å². The summed E-state index contributed by atoms with van der Waals surface area (Å²) >= 11 is 1.92. The number of thiophene rings is 1. The lowest BCUT2D eigenvalue weighted by molar-refractivity contribution is 0.436. The maximum absolute atomic E-state index is 6.68. The van der Waals surface area contributed by atoms with E-state index in [1.807, 2.05) is 11.3 Å². The van der Waals surface area contributed by atoms with Crippen LogP contribution in [0.5, 0.6) is 11.5 Å². The molecule has 1 unspecified atom stereocenters. The van der Waals surface area contributed by atoms with Gasteiger partial charge in [0.1, 0.15) is 22.7 Å². The molecule has 1 atom stereocenters. The maximum Gasteiger partial charge on any atom is 0.138 e. The molecule has 0 radical (unpaired) electrons. The minimum atomic E-state index is -0.531. The van der Waals surface area contributed by atoms with Gasteiger partial charge in [0.25, 0.3) is 0 Å². The summed E-state index contributed by atoms with van der Waals surface area (Å²) in [4.78, 5) is 0. The SMILES string of the molecule is c1ccc2c(c1)Oc1ccccc1C21c2ccc(C(CCc3cccc4c3oc3ccccc34)c3cccc4c3sc3ccccc34)cc2-c2c1ccc1ccccc21. The molecule has 0 N–H and O–H groups in total. The summed E-state index contributed by atoms with van der Waals surface area (Å²) in [5.74, 6) is 1.95. The quantitative estimate of drug-likeness (QED) is 0.174. The summed E-state index contributed by atoms with van der Waals surface area (Å²) in [5, 5.41) is 7.54. The predicted molar refractivity (Wildman–Crippen MR) is 245 cm³/mol. The Morgan fingerprint density at radius 3 is 2.05 bits per heavy atom. The average molecular weight is 773 g/mol. The normalized spacial score (nSPS) is 14.1. The number of ether oxygens (including phenoxy) is 1. The molecular weight excluding hydrogens is 737 g/mol. The molecule has 1 aliphatic carbocycles. The predicted octanol–water partition coefficient (Wildman–Crippen LogP) is 15.3. The van der Waals surface area contributed by atoms with Crippen molar-refractivity contribution in [2.24, 2.45) is 0 Å². The van der Waals surface area contributed by atoms with E-state index >= 15 is 0 Å². The Morgan fingerprint density at radius 2 is 1.19 bits per heavy atom. The molecule has 2 aliphatic rings. The van der Waals surface area contributed by atoms with Gasteiger partial charge in [-0.15, -0.1) is 11.3 Å². The summed E-state index contributed by atoms with van der Waals surface area (Å²) in [6.07, 6.45) is 1.80. The highest BCUT2D eigenvalue weighted by Crippen LogP contribution is 2.63. The second-order valence-corrected chi connectivity index (χ2v) is 17.2. The molecular formula is C56H36O2S. The van der Waals surface area contributed by atoms with Gasteiger partial charge < -0.3 is 9.15 Å². The molecule has 2 aromatic heterocycles. The summed E-state index contributed by atoms with van der Waals surface area (Å²) in [5.41, 5.74) is 13.0. The fraction of sp³-hybridized carbons (Fsp3) is 0.0714. The molecule has 13 rings (SSSR count). The van der Waals surface area contributed by atoms with E-state index < -0.39 is 5.41 Å². The molecule has 1 spiro atoms. The third-order valence-corrected chi connectivity index (χ3v) is 14.5. The van der Waals surface area contributed by atoms with Crippen molar-refractivity contribution in [3.63, 3.8) is 0 Å². The minimum absolute atomic E-state index is 0.126. The number of benzene rings is 9. The van der Waals surface area contributed by atoms with Gasteiger partial charge in [0.05, 0.1) is 5.41 Å². The Labute approximate surface area is 345 Å². The first-order valence-electron chi connectivity index (χ1n) is 20.6. The highest BCUT2D eigenvalue weighted by Gasteiger charge is 2.51. The van der Waals surface area contributed by atoms with E-state index in [-0.39, 0.29) is 5.92 Å². The molecule has 0 bridgehead atoms. The van der Waals surface area contributed by atoms with E-state index in [0.29, 0.717) is 0 Å². The molecule has 59 heavy (non-hydrogen) atoms. The van der Waals surface area contributed by atoms with Crippen LogP contribution in [0.15, 0.2) is 192 Å². The van der Waals surface area contributed by atoms with Gasteiger partial charge in [-0.05, 0) is 86.8 Å². The zero-order chi connectivity index (χ0) is 38.7. The number of hydrogen-bond donors (Lipinski definition) is 0. The monoisotopic (exact) mass is 772 g/mol. The first-order valence-corrected chi connectivity index (χ1v) is 21.4. The molecule has 1 aliphatic heterocycles. The molecule has 0 fully saturated rings. The number of fused-ring (bicyclic) bond motifs is 17.